The highest BCUT2D eigenvalue weighted by Gasteiger charge is 2.36. The van der Waals surface area contributed by atoms with Crippen molar-refractivity contribution in [2.75, 3.05) is 0 Å². The van der Waals surface area contributed by atoms with Crippen LogP contribution in [0.2, 0.25) is 0 Å². The molecule has 2 atom stereocenters. The Morgan fingerprint density at radius 3 is 2.36 bits per heavy atom. The van der Waals surface area contributed by atoms with Gasteiger partial charge in [0.05, 0.1) is 0 Å². The molecular formula is C8H6Cl2O. The zero-order valence-corrected chi connectivity index (χ0v) is 7.19. The van der Waals surface area contributed by atoms with Gasteiger partial charge in [0.1, 0.15) is 16.7 Å². The first-order chi connectivity index (χ1) is 5.20. The van der Waals surface area contributed by atoms with Crippen LogP contribution in [-0.2, 0) is 4.74 Å². The van der Waals surface area contributed by atoms with Crippen LogP contribution in [-0.4, -0.2) is 12.2 Å². The lowest BCUT2D eigenvalue weighted by molar-refractivity contribution is 0.138. The predicted octanol–water partition coefficient (Wildman–Crippen LogP) is 2.57. The highest BCUT2D eigenvalue weighted by molar-refractivity contribution is 6.56. The van der Waals surface area contributed by atoms with Gasteiger partial charge in [0.25, 0.3) is 0 Å². The molecule has 2 rings (SSSR count). The Labute approximate surface area is 74.9 Å². The molecule has 0 radical (unpaired) electrons. The van der Waals surface area contributed by atoms with E-state index in [0.29, 0.717) is 0 Å². The van der Waals surface area contributed by atoms with Gasteiger partial charge in [-0.2, -0.15) is 0 Å². The number of hydrogen-bond donors (Lipinski definition) is 0. The molecule has 2 aliphatic heterocycles. The van der Waals surface area contributed by atoms with Crippen molar-refractivity contribution in [1.29, 1.82) is 0 Å². The highest BCUT2D eigenvalue weighted by atomic mass is 35.5. The van der Waals surface area contributed by atoms with Crippen molar-refractivity contribution in [2.24, 2.45) is 0 Å². The quantitative estimate of drug-likeness (QED) is 0.532. The lowest BCUT2D eigenvalue weighted by atomic mass is 9.98. The van der Waals surface area contributed by atoms with Crippen molar-refractivity contribution in [3.8, 4) is 0 Å². The van der Waals surface area contributed by atoms with Crippen LogP contribution in [0.1, 0.15) is 0 Å². The molecule has 0 spiro atoms. The van der Waals surface area contributed by atoms with E-state index in [1.54, 1.807) is 0 Å². The van der Waals surface area contributed by atoms with Gasteiger partial charge in [0.15, 0.2) is 0 Å². The van der Waals surface area contributed by atoms with Crippen molar-refractivity contribution >= 4 is 23.2 Å². The summed E-state index contributed by atoms with van der Waals surface area (Å²) in [4.78, 5) is 0. The molecule has 1 saturated heterocycles. The van der Waals surface area contributed by atoms with Crippen molar-refractivity contribution in [3.63, 3.8) is 0 Å². The topological polar surface area (TPSA) is 9.23 Å². The molecule has 3 heteroatoms. The molecule has 2 aliphatic rings. The second-order valence-electron chi connectivity index (χ2n) is 2.56. The summed E-state index contributed by atoms with van der Waals surface area (Å²) in [6, 6.07) is 0. The lowest BCUT2D eigenvalue weighted by Gasteiger charge is -2.06. The SMILES string of the molecule is C=C1C(=C(Cl)Cl)[C@@H]2C=C[C@H]1O2. The van der Waals surface area contributed by atoms with Gasteiger partial charge in [-0.1, -0.05) is 41.9 Å². The number of rotatable bonds is 0. The first-order valence-corrected chi connectivity index (χ1v) is 4.04. The Kier molecular flexibility index (Phi) is 1.60. The van der Waals surface area contributed by atoms with E-state index in [9.17, 15) is 0 Å². The van der Waals surface area contributed by atoms with E-state index < -0.39 is 0 Å². The van der Waals surface area contributed by atoms with Gasteiger partial charge < -0.3 is 4.74 Å². The fraction of sp³-hybridized carbons (Fsp3) is 0.250. The van der Waals surface area contributed by atoms with Crippen LogP contribution < -0.4 is 0 Å². The van der Waals surface area contributed by atoms with Gasteiger partial charge in [-0.15, -0.1) is 0 Å². The summed E-state index contributed by atoms with van der Waals surface area (Å²) in [5.74, 6) is 0. The molecule has 0 aromatic heterocycles. The Morgan fingerprint density at radius 2 is 2.00 bits per heavy atom. The van der Waals surface area contributed by atoms with Crippen LogP contribution in [0.25, 0.3) is 0 Å². The molecule has 0 N–H and O–H groups in total. The van der Waals surface area contributed by atoms with Crippen molar-refractivity contribution in [3.05, 3.63) is 34.4 Å². The molecule has 0 amide bonds. The third kappa shape index (κ3) is 0.959. The number of halogens is 2. The van der Waals surface area contributed by atoms with Crippen molar-refractivity contribution in [2.45, 2.75) is 12.2 Å². The fourth-order valence-electron chi connectivity index (χ4n) is 1.38. The highest BCUT2D eigenvalue weighted by Crippen LogP contribution is 2.40. The average molecular weight is 189 g/mol. The van der Waals surface area contributed by atoms with Gasteiger partial charge in [-0.25, -0.2) is 0 Å². The minimum absolute atomic E-state index is 0.00231. The van der Waals surface area contributed by atoms with E-state index in [-0.39, 0.29) is 16.7 Å². The normalized spacial score (nSPS) is 33.6. The van der Waals surface area contributed by atoms with E-state index in [1.807, 2.05) is 12.2 Å². The van der Waals surface area contributed by atoms with Crippen LogP contribution in [0, 0.1) is 0 Å². The maximum atomic E-state index is 5.64. The number of ether oxygens (including phenoxy) is 1. The summed E-state index contributed by atoms with van der Waals surface area (Å²) in [6.07, 6.45) is 3.85. The molecule has 11 heavy (non-hydrogen) atoms. The second-order valence-corrected chi connectivity index (χ2v) is 3.51. The molecule has 1 fully saturated rings. The second kappa shape index (κ2) is 2.37. The summed E-state index contributed by atoms with van der Waals surface area (Å²) in [7, 11) is 0. The smallest absolute Gasteiger partial charge is 0.113 e. The maximum absolute atomic E-state index is 5.64. The van der Waals surface area contributed by atoms with E-state index in [2.05, 4.69) is 6.58 Å². The molecule has 1 nitrogen and oxygen atoms in total. The summed E-state index contributed by atoms with van der Waals surface area (Å²) in [6.45, 7) is 3.84. The van der Waals surface area contributed by atoms with Gasteiger partial charge in [-0.05, 0) is 5.57 Å². The van der Waals surface area contributed by atoms with Crippen LogP contribution >= 0.6 is 23.2 Å². The van der Waals surface area contributed by atoms with Crippen molar-refractivity contribution < 1.29 is 4.74 Å². The summed E-state index contributed by atoms with van der Waals surface area (Å²) < 4.78 is 5.69. The molecule has 2 bridgehead atoms. The predicted molar refractivity (Wildman–Crippen MR) is 45.7 cm³/mol. The molecule has 0 aromatic rings. The molecule has 2 heterocycles. The Bertz CT molecular complexity index is 274. The van der Waals surface area contributed by atoms with Gasteiger partial charge in [0.2, 0.25) is 0 Å². The molecular weight excluding hydrogens is 183 g/mol. The number of fused-ring (bicyclic) bond motifs is 2. The monoisotopic (exact) mass is 188 g/mol. The van der Waals surface area contributed by atoms with Crippen molar-refractivity contribution in [1.82, 2.24) is 0 Å². The molecule has 0 unspecified atom stereocenters. The first kappa shape index (κ1) is 7.41. The van der Waals surface area contributed by atoms with Gasteiger partial charge >= 0.3 is 0 Å². The third-order valence-electron chi connectivity index (χ3n) is 1.93. The van der Waals surface area contributed by atoms with E-state index in [0.717, 1.165) is 11.1 Å². The Morgan fingerprint density at radius 1 is 1.36 bits per heavy atom. The summed E-state index contributed by atoms with van der Waals surface area (Å²) in [5.41, 5.74) is 1.72. The Balaban J connectivity index is 2.48. The molecule has 0 aromatic carbocycles. The van der Waals surface area contributed by atoms with E-state index in [4.69, 9.17) is 27.9 Å². The van der Waals surface area contributed by atoms with Crippen LogP contribution in [0.4, 0.5) is 0 Å². The third-order valence-corrected chi connectivity index (χ3v) is 2.34. The number of hydrogen-bond acceptors (Lipinski definition) is 1. The maximum Gasteiger partial charge on any atom is 0.113 e. The van der Waals surface area contributed by atoms with Crippen LogP contribution in [0.5, 0.6) is 0 Å². The minimum Gasteiger partial charge on any atom is -0.357 e. The van der Waals surface area contributed by atoms with Gasteiger partial charge in [0, 0.05) is 5.57 Å². The first-order valence-electron chi connectivity index (χ1n) is 3.28. The largest absolute Gasteiger partial charge is 0.357 e. The average Bonchev–Trinajstić information content (AvgIpc) is 2.44. The zero-order chi connectivity index (χ0) is 8.01. The fourth-order valence-corrected chi connectivity index (χ4v) is 1.84. The Hall–Kier alpha value is -0.240. The van der Waals surface area contributed by atoms with Crippen LogP contribution in [0.3, 0.4) is 0 Å². The zero-order valence-electron chi connectivity index (χ0n) is 5.68. The molecule has 0 aliphatic carbocycles. The standard InChI is InChI=1S/C8H6Cl2O/c1-4-5-2-3-6(11-5)7(4)8(9)10/h2-3,5-6H,1H2/t5-,6+/m1/s1. The summed E-state index contributed by atoms with van der Waals surface area (Å²) in [5, 5.41) is 0. The van der Waals surface area contributed by atoms with Crippen LogP contribution in [0.15, 0.2) is 34.4 Å². The van der Waals surface area contributed by atoms with E-state index >= 15 is 0 Å². The van der Waals surface area contributed by atoms with E-state index in [1.165, 1.54) is 0 Å². The van der Waals surface area contributed by atoms with Gasteiger partial charge in [-0.3, -0.25) is 0 Å². The summed E-state index contributed by atoms with van der Waals surface area (Å²) >= 11 is 11.3. The molecule has 58 valence electrons. The minimum atomic E-state index is -0.0579. The lowest BCUT2D eigenvalue weighted by Crippen LogP contribution is -2.02. The molecule has 0 saturated carbocycles.